The van der Waals surface area contributed by atoms with Gasteiger partial charge in [0.25, 0.3) is 0 Å². The lowest BCUT2D eigenvalue weighted by Crippen LogP contribution is -2.47. The first-order chi connectivity index (χ1) is 11.6. The largest absolute Gasteiger partial charge is 0.378 e. The van der Waals surface area contributed by atoms with Gasteiger partial charge in [-0.3, -0.25) is 4.99 Å². The first kappa shape index (κ1) is 22.1. The zero-order chi connectivity index (χ0) is 17.4. The van der Waals surface area contributed by atoms with Crippen LogP contribution in [-0.4, -0.2) is 52.6 Å². The molecule has 1 aliphatic rings. The number of hydrogen-bond donors (Lipinski definition) is 2. The van der Waals surface area contributed by atoms with Gasteiger partial charge in [-0.2, -0.15) is 5.10 Å². The van der Waals surface area contributed by atoms with E-state index >= 15 is 0 Å². The molecule has 2 heterocycles. The van der Waals surface area contributed by atoms with E-state index in [9.17, 15) is 0 Å². The minimum absolute atomic E-state index is 0. The van der Waals surface area contributed by atoms with Crippen molar-refractivity contribution in [2.24, 2.45) is 10.9 Å². The fourth-order valence-corrected chi connectivity index (χ4v) is 3.00. The molecule has 7 nitrogen and oxygen atoms in total. The molecule has 25 heavy (non-hydrogen) atoms. The van der Waals surface area contributed by atoms with Gasteiger partial charge in [0.2, 0.25) is 0 Å². The highest BCUT2D eigenvalue weighted by Crippen LogP contribution is 2.12. The van der Waals surface area contributed by atoms with Crippen LogP contribution in [-0.2, 0) is 17.7 Å². The summed E-state index contributed by atoms with van der Waals surface area (Å²) in [7, 11) is 0. The van der Waals surface area contributed by atoms with Crippen molar-refractivity contribution in [1.82, 2.24) is 25.4 Å². The molecule has 0 saturated carbocycles. The predicted octanol–water partition coefficient (Wildman–Crippen LogP) is 2.22. The van der Waals surface area contributed by atoms with Crippen molar-refractivity contribution in [2.75, 3.05) is 19.7 Å². The third-order valence-electron chi connectivity index (χ3n) is 4.30. The fraction of sp³-hybridized carbons (Fsp3) is 0.824. The summed E-state index contributed by atoms with van der Waals surface area (Å²) in [4.78, 5) is 9.00. The van der Waals surface area contributed by atoms with E-state index in [0.717, 1.165) is 57.3 Å². The molecule has 144 valence electrons. The van der Waals surface area contributed by atoms with Gasteiger partial charge in [0.05, 0.1) is 12.6 Å². The molecule has 0 aliphatic carbocycles. The summed E-state index contributed by atoms with van der Waals surface area (Å²) in [5.74, 6) is 2.47. The van der Waals surface area contributed by atoms with Crippen LogP contribution >= 0.6 is 24.0 Å². The third kappa shape index (κ3) is 7.08. The number of nitrogens with zero attached hydrogens (tertiary/aromatic N) is 4. The molecular formula is C17H33IN6O. The van der Waals surface area contributed by atoms with Crippen LogP contribution < -0.4 is 10.6 Å². The Morgan fingerprint density at radius 3 is 2.92 bits per heavy atom. The van der Waals surface area contributed by atoms with Gasteiger partial charge in [-0.25, -0.2) is 9.67 Å². The predicted molar refractivity (Wildman–Crippen MR) is 112 cm³/mol. The molecular weight excluding hydrogens is 431 g/mol. The molecule has 1 aromatic heterocycles. The lowest BCUT2D eigenvalue weighted by atomic mass is 10.0. The first-order valence-corrected chi connectivity index (χ1v) is 9.17. The average Bonchev–Trinajstić information content (AvgIpc) is 3.01. The molecule has 0 bridgehead atoms. The number of aliphatic imine (C=N–C) groups is 1. The molecule has 2 atom stereocenters. The van der Waals surface area contributed by atoms with Gasteiger partial charge in [-0.05, 0) is 32.6 Å². The molecule has 0 saturated heterocycles. The maximum atomic E-state index is 5.80. The van der Waals surface area contributed by atoms with E-state index in [-0.39, 0.29) is 30.1 Å². The van der Waals surface area contributed by atoms with Crippen molar-refractivity contribution in [3.05, 3.63) is 12.2 Å². The number of aromatic nitrogens is 3. The summed E-state index contributed by atoms with van der Waals surface area (Å²) in [6.07, 6.45) is 4.86. The number of hydrogen-bond acceptors (Lipinski definition) is 4. The molecule has 0 fully saturated rings. The SMILES string of the molecule is CCNC(=NCCC(OCC)C(C)C)NC1CCc2ncnn2C1.I. The Labute approximate surface area is 168 Å². The molecule has 1 aliphatic heterocycles. The Kier molecular flexibility index (Phi) is 10.3. The maximum Gasteiger partial charge on any atom is 0.191 e. The van der Waals surface area contributed by atoms with Crippen LogP contribution in [0.1, 0.15) is 46.4 Å². The van der Waals surface area contributed by atoms with Crippen molar-refractivity contribution in [1.29, 1.82) is 0 Å². The Balaban J connectivity index is 0.00000312. The third-order valence-corrected chi connectivity index (χ3v) is 4.30. The number of ether oxygens (including phenoxy) is 1. The number of guanidine groups is 1. The molecule has 0 aromatic carbocycles. The van der Waals surface area contributed by atoms with Crippen molar-refractivity contribution in [2.45, 2.75) is 65.6 Å². The van der Waals surface area contributed by atoms with Gasteiger partial charge in [0.15, 0.2) is 5.96 Å². The van der Waals surface area contributed by atoms with Crippen LogP contribution in [0.3, 0.4) is 0 Å². The topological polar surface area (TPSA) is 76.4 Å². The second-order valence-corrected chi connectivity index (χ2v) is 6.53. The fourth-order valence-electron chi connectivity index (χ4n) is 3.00. The second-order valence-electron chi connectivity index (χ2n) is 6.53. The van der Waals surface area contributed by atoms with Crippen molar-refractivity contribution in [3.63, 3.8) is 0 Å². The Morgan fingerprint density at radius 2 is 2.24 bits per heavy atom. The molecule has 2 N–H and O–H groups in total. The van der Waals surface area contributed by atoms with Gasteiger partial charge < -0.3 is 15.4 Å². The van der Waals surface area contributed by atoms with Gasteiger partial charge in [-0.15, -0.1) is 24.0 Å². The van der Waals surface area contributed by atoms with E-state index < -0.39 is 0 Å². The van der Waals surface area contributed by atoms with E-state index in [0.29, 0.717) is 12.0 Å². The zero-order valence-corrected chi connectivity index (χ0v) is 18.2. The Bertz CT molecular complexity index is 519. The highest BCUT2D eigenvalue weighted by molar-refractivity contribution is 14.0. The summed E-state index contributed by atoms with van der Waals surface area (Å²) in [5.41, 5.74) is 0. The number of aryl methyl sites for hydroxylation is 1. The minimum atomic E-state index is 0. The standard InChI is InChI=1S/C17H32N6O.HI/c1-5-18-17(19-10-9-15(13(3)4)24-6-2)22-14-7-8-16-20-12-21-23(16)11-14;/h12-15H,5-11H2,1-4H3,(H2,18,19,22);1H. The van der Waals surface area contributed by atoms with Gasteiger partial charge >= 0.3 is 0 Å². The highest BCUT2D eigenvalue weighted by Gasteiger charge is 2.20. The summed E-state index contributed by atoms with van der Waals surface area (Å²) >= 11 is 0. The van der Waals surface area contributed by atoms with Crippen molar-refractivity contribution < 1.29 is 4.74 Å². The molecule has 0 amide bonds. The Morgan fingerprint density at radius 1 is 1.44 bits per heavy atom. The smallest absolute Gasteiger partial charge is 0.191 e. The van der Waals surface area contributed by atoms with Crippen LogP contribution in [0.4, 0.5) is 0 Å². The van der Waals surface area contributed by atoms with E-state index in [4.69, 9.17) is 9.73 Å². The maximum absolute atomic E-state index is 5.80. The van der Waals surface area contributed by atoms with Crippen LogP contribution in [0.15, 0.2) is 11.3 Å². The lowest BCUT2D eigenvalue weighted by Gasteiger charge is -2.25. The molecule has 2 unspecified atom stereocenters. The number of nitrogens with one attached hydrogen (secondary N) is 2. The second kappa shape index (κ2) is 11.7. The first-order valence-electron chi connectivity index (χ1n) is 9.17. The monoisotopic (exact) mass is 464 g/mol. The zero-order valence-electron chi connectivity index (χ0n) is 15.9. The number of halogens is 1. The summed E-state index contributed by atoms with van der Waals surface area (Å²) < 4.78 is 7.78. The van der Waals surface area contributed by atoms with Gasteiger partial charge in [0, 0.05) is 32.2 Å². The molecule has 8 heteroatoms. The van der Waals surface area contributed by atoms with Crippen molar-refractivity contribution >= 4 is 29.9 Å². The van der Waals surface area contributed by atoms with Gasteiger partial charge in [0.1, 0.15) is 12.2 Å². The average molecular weight is 464 g/mol. The van der Waals surface area contributed by atoms with Crippen LogP contribution in [0.2, 0.25) is 0 Å². The van der Waals surface area contributed by atoms with E-state index in [1.54, 1.807) is 6.33 Å². The highest BCUT2D eigenvalue weighted by atomic mass is 127. The summed E-state index contributed by atoms with van der Waals surface area (Å²) in [5, 5.41) is 11.1. The van der Waals surface area contributed by atoms with Crippen LogP contribution in [0, 0.1) is 5.92 Å². The van der Waals surface area contributed by atoms with E-state index in [1.807, 2.05) is 11.6 Å². The van der Waals surface area contributed by atoms with E-state index in [1.165, 1.54) is 0 Å². The Hall–Kier alpha value is -0.900. The summed E-state index contributed by atoms with van der Waals surface area (Å²) in [6.45, 7) is 11.7. The molecule has 0 spiro atoms. The quantitative estimate of drug-likeness (QED) is 0.351. The summed E-state index contributed by atoms with van der Waals surface area (Å²) in [6, 6.07) is 0.338. The van der Waals surface area contributed by atoms with E-state index in [2.05, 4.69) is 41.5 Å². The molecule has 0 radical (unpaired) electrons. The number of fused-ring (bicyclic) bond motifs is 1. The van der Waals surface area contributed by atoms with Crippen molar-refractivity contribution in [3.8, 4) is 0 Å². The van der Waals surface area contributed by atoms with Gasteiger partial charge in [-0.1, -0.05) is 13.8 Å². The number of rotatable bonds is 8. The minimum Gasteiger partial charge on any atom is -0.378 e. The molecule has 2 rings (SSSR count). The van der Waals surface area contributed by atoms with Crippen LogP contribution in [0.25, 0.3) is 0 Å². The normalized spacial score (nSPS) is 18.4. The van der Waals surface area contributed by atoms with Crippen LogP contribution in [0.5, 0.6) is 0 Å². The molecule has 1 aromatic rings. The lowest BCUT2D eigenvalue weighted by molar-refractivity contribution is 0.0266.